The SMILES string of the molecule is CCc1cn([C@@H](C)C(=O)OC)c(=O)[nH]c1=O. The zero-order chi connectivity index (χ0) is 12.3. The van der Waals surface area contributed by atoms with Crippen molar-refractivity contribution >= 4 is 5.97 Å². The molecule has 0 aliphatic carbocycles. The number of hydrogen-bond acceptors (Lipinski definition) is 4. The van der Waals surface area contributed by atoms with Gasteiger partial charge in [0.15, 0.2) is 0 Å². The van der Waals surface area contributed by atoms with Crippen LogP contribution in [0.1, 0.15) is 25.5 Å². The lowest BCUT2D eigenvalue weighted by atomic mass is 10.2. The van der Waals surface area contributed by atoms with Crippen molar-refractivity contribution in [2.45, 2.75) is 26.3 Å². The minimum Gasteiger partial charge on any atom is -0.467 e. The summed E-state index contributed by atoms with van der Waals surface area (Å²) in [5.41, 5.74) is -0.573. The van der Waals surface area contributed by atoms with Gasteiger partial charge in [-0.25, -0.2) is 9.59 Å². The van der Waals surface area contributed by atoms with Crippen LogP contribution in [0.3, 0.4) is 0 Å². The molecule has 1 heterocycles. The first-order valence-corrected chi connectivity index (χ1v) is 4.93. The van der Waals surface area contributed by atoms with Crippen LogP contribution in [0.4, 0.5) is 0 Å². The van der Waals surface area contributed by atoms with Gasteiger partial charge >= 0.3 is 11.7 Å². The van der Waals surface area contributed by atoms with Crippen LogP contribution < -0.4 is 11.2 Å². The summed E-state index contributed by atoms with van der Waals surface area (Å²) in [6.45, 7) is 3.33. The first-order valence-electron chi connectivity index (χ1n) is 4.93. The molecule has 0 unspecified atom stereocenters. The van der Waals surface area contributed by atoms with Gasteiger partial charge in [0, 0.05) is 11.8 Å². The van der Waals surface area contributed by atoms with E-state index in [4.69, 9.17) is 0 Å². The Bertz CT molecular complexity index is 500. The maximum atomic E-state index is 11.5. The number of esters is 1. The first kappa shape index (κ1) is 12.2. The van der Waals surface area contributed by atoms with E-state index < -0.39 is 23.3 Å². The van der Waals surface area contributed by atoms with Crippen molar-refractivity contribution in [1.29, 1.82) is 0 Å². The van der Waals surface area contributed by atoms with E-state index in [2.05, 4.69) is 9.72 Å². The van der Waals surface area contributed by atoms with Crippen molar-refractivity contribution in [1.82, 2.24) is 9.55 Å². The Balaban J connectivity index is 3.29. The first-order chi connectivity index (χ1) is 7.51. The molecule has 6 heteroatoms. The van der Waals surface area contributed by atoms with Crippen LogP contribution in [0.2, 0.25) is 0 Å². The highest BCUT2D eigenvalue weighted by Crippen LogP contribution is 2.03. The largest absolute Gasteiger partial charge is 0.467 e. The van der Waals surface area contributed by atoms with E-state index in [1.165, 1.54) is 20.2 Å². The molecule has 16 heavy (non-hydrogen) atoms. The summed E-state index contributed by atoms with van der Waals surface area (Å²) in [5, 5.41) is 0. The number of carbonyl (C=O) groups is 1. The molecule has 1 aromatic heterocycles. The third kappa shape index (κ3) is 2.21. The summed E-state index contributed by atoms with van der Waals surface area (Å²) < 4.78 is 5.69. The van der Waals surface area contributed by atoms with Gasteiger partial charge in [0.05, 0.1) is 7.11 Å². The van der Waals surface area contributed by atoms with E-state index in [-0.39, 0.29) is 0 Å². The Morgan fingerprint density at radius 3 is 2.69 bits per heavy atom. The Morgan fingerprint density at radius 1 is 1.56 bits per heavy atom. The van der Waals surface area contributed by atoms with E-state index in [0.29, 0.717) is 12.0 Å². The molecule has 6 nitrogen and oxygen atoms in total. The van der Waals surface area contributed by atoms with E-state index in [0.717, 1.165) is 4.57 Å². The Hall–Kier alpha value is -1.85. The second kappa shape index (κ2) is 4.78. The number of ether oxygens (including phenoxy) is 1. The Kier molecular flexibility index (Phi) is 3.65. The number of rotatable bonds is 3. The lowest BCUT2D eigenvalue weighted by molar-refractivity contribution is -0.144. The average Bonchev–Trinajstić information content (AvgIpc) is 2.27. The number of aryl methyl sites for hydroxylation is 1. The zero-order valence-electron chi connectivity index (χ0n) is 9.44. The van der Waals surface area contributed by atoms with Gasteiger partial charge in [-0.3, -0.25) is 14.3 Å². The smallest absolute Gasteiger partial charge is 0.329 e. The number of aromatic nitrogens is 2. The maximum absolute atomic E-state index is 11.5. The monoisotopic (exact) mass is 226 g/mol. The van der Waals surface area contributed by atoms with E-state index >= 15 is 0 Å². The maximum Gasteiger partial charge on any atom is 0.329 e. The minimum atomic E-state index is -0.750. The van der Waals surface area contributed by atoms with Crippen molar-refractivity contribution in [3.63, 3.8) is 0 Å². The van der Waals surface area contributed by atoms with Crippen LogP contribution in [-0.2, 0) is 16.0 Å². The van der Waals surface area contributed by atoms with Crippen LogP contribution in [-0.4, -0.2) is 22.6 Å². The molecule has 0 fully saturated rings. The lowest BCUT2D eigenvalue weighted by Crippen LogP contribution is -2.35. The third-order valence-corrected chi connectivity index (χ3v) is 2.38. The molecule has 0 saturated heterocycles. The molecule has 1 N–H and O–H groups in total. The van der Waals surface area contributed by atoms with Gasteiger partial charge < -0.3 is 4.74 Å². The van der Waals surface area contributed by atoms with Crippen molar-refractivity contribution in [2.24, 2.45) is 0 Å². The fourth-order valence-electron chi connectivity index (χ4n) is 1.35. The molecular formula is C10H14N2O4. The highest BCUT2D eigenvalue weighted by atomic mass is 16.5. The van der Waals surface area contributed by atoms with Crippen LogP contribution in [0.5, 0.6) is 0 Å². The molecule has 88 valence electrons. The summed E-state index contributed by atoms with van der Waals surface area (Å²) in [7, 11) is 1.25. The van der Waals surface area contributed by atoms with Gasteiger partial charge in [-0.05, 0) is 13.3 Å². The third-order valence-electron chi connectivity index (χ3n) is 2.38. The fraction of sp³-hybridized carbons (Fsp3) is 0.500. The molecule has 0 aliphatic rings. The molecule has 0 saturated carbocycles. The summed E-state index contributed by atoms with van der Waals surface area (Å²) in [5.74, 6) is -0.531. The van der Waals surface area contributed by atoms with Gasteiger partial charge in [0.2, 0.25) is 0 Å². The topological polar surface area (TPSA) is 81.2 Å². The zero-order valence-corrected chi connectivity index (χ0v) is 9.44. The van der Waals surface area contributed by atoms with Crippen molar-refractivity contribution in [3.8, 4) is 0 Å². The van der Waals surface area contributed by atoms with Gasteiger partial charge in [0.25, 0.3) is 5.56 Å². The van der Waals surface area contributed by atoms with E-state index in [9.17, 15) is 14.4 Å². The van der Waals surface area contributed by atoms with E-state index in [1.54, 1.807) is 6.92 Å². The molecule has 0 aliphatic heterocycles. The normalized spacial score (nSPS) is 12.2. The number of methoxy groups -OCH3 is 1. The standard InChI is InChI=1S/C10H14N2O4/c1-4-7-5-12(6(2)9(14)16-3)10(15)11-8(7)13/h5-6H,4H2,1-3H3,(H,11,13,15)/t6-/m0/s1. The molecule has 0 aromatic carbocycles. The van der Waals surface area contributed by atoms with E-state index in [1.807, 2.05) is 0 Å². The van der Waals surface area contributed by atoms with Crippen molar-refractivity contribution < 1.29 is 9.53 Å². The molecule has 1 aromatic rings. The summed E-state index contributed by atoms with van der Waals surface area (Å²) in [6, 6.07) is -0.750. The number of aromatic amines is 1. The highest BCUT2D eigenvalue weighted by Gasteiger charge is 2.17. The summed E-state index contributed by atoms with van der Waals surface area (Å²) in [6.07, 6.45) is 1.88. The summed E-state index contributed by atoms with van der Waals surface area (Å²) >= 11 is 0. The molecular weight excluding hydrogens is 212 g/mol. The Morgan fingerprint density at radius 2 is 2.19 bits per heavy atom. The highest BCUT2D eigenvalue weighted by molar-refractivity contribution is 5.73. The number of nitrogens with zero attached hydrogens (tertiary/aromatic N) is 1. The van der Waals surface area contributed by atoms with Crippen LogP contribution in [0.25, 0.3) is 0 Å². The second-order valence-electron chi connectivity index (χ2n) is 3.37. The number of nitrogens with one attached hydrogen (secondary N) is 1. The fourth-order valence-corrected chi connectivity index (χ4v) is 1.35. The second-order valence-corrected chi connectivity index (χ2v) is 3.37. The number of H-pyrrole nitrogens is 1. The van der Waals surface area contributed by atoms with Gasteiger partial charge in [0.1, 0.15) is 6.04 Å². The average molecular weight is 226 g/mol. The quantitative estimate of drug-likeness (QED) is 0.726. The van der Waals surface area contributed by atoms with Crippen LogP contribution in [0, 0.1) is 0 Å². The minimum absolute atomic E-state index is 0.416. The van der Waals surface area contributed by atoms with Crippen LogP contribution in [0.15, 0.2) is 15.8 Å². The van der Waals surface area contributed by atoms with Gasteiger partial charge in [-0.2, -0.15) is 0 Å². The molecule has 1 atom stereocenters. The van der Waals surface area contributed by atoms with Gasteiger partial charge in [-0.15, -0.1) is 0 Å². The number of carbonyl (C=O) groups excluding carboxylic acids is 1. The molecule has 1 rings (SSSR count). The predicted molar refractivity (Wildman–Crippen MR) is 57.4 cm³/mol. The molecule has 0 amide bonds. The predicted octanol–water partition coefficient (Wildman–Crippen LogP) is -0.167. The van der Waals surface area contributed by atoms with Crippen molar-refractivity contribution in [3.05, 3.63) is 32.6 Å². The molecule has 0 radical (unpaired) electrons. The number of hydrogen-bond donors (Lipinski definition) is 1. The summed E-state index contributed by atoms with van der Waals surface area (Å²) in [4.78, 5) is 36.2. The molecule has 0 bridgehead atoms. The molecule has 0 spiro atoms. The van der Waals surface area contributed by atoms with Gasteiger partial charge in [-0.1, -0.05) is 6.92 Å². The van der Waals surface area contributed by atoms with Crippen LogP contribution >= 0.6 is 0 Å². The Labute approximate surface area is 91.9 Å². The van der Waals surface area contributed by atoms with Crippen molar-refractivity contribution in [2.75, 3.05) is 7.11 Å². The lowest BCUT2D eigenvalue weighted by Gasteiger charge is -2.12.